The first kappa shape index (κ1) is 14.1. The number of oxime groups is 1. The third-order valence-electron chi connectivity index (χ3n) is 2.79. The monoisotopic (exact) mass is 289 g/mol. The minimum Gasteiger partial charge on any atom is -0.409 e. The summed E-state index contributed by atoms with van der Waals surface area (Å²) >= 11 is 1.58. The molecule has 0 aliphatic rings. The summed E-state index contributed by atoms with van der Waals surface area (Å²) < 4.78 is 0. The molecule has 1 heterocycles. The van der Waals surface area contributed by atoms with Crippen molar-refractivity contribution in [3.8, 4) is 0 Å². The van der Waals surface area contributed by atoms with Crippen LogP contribution in [-0.4, -0.2) is 17.0 Å². The molecule has 0 fully saturated rings. The number of rotatable bonds is 5. The van der Waals surface area contributed by atoms with E-state index in [9.17, 15) is 4.79 Å². The van der Waals surface area contributed by atoms with Gasteiger partial charge in [-0.1, -0.05) is 29.4 Å². The first-order chi connectivity index (χ1) is 9.69. The molecule has 2 aromatic rings. The maximum Gasteiger partial charge on any atom is 0.224 e. The Kier molecular flexibility index (Phi) is 4.73. The molecule has 0 unspecified atom stereocenters. The van der Waals surface area contributed by atoms with Gasteiger partial charge in [-0.3, -0.25) is 4.79 Å². The van der Waals surface area contributed by atoms with Crippen molar-refractivity contribution in [2.45, 2.75) is 13.0 Å². The molecule has 0 atom stereocenters. The average molecular weight is 289 g/mol. The lowest BCUT2D eigenvalue weighted by molar-refractivity contribution is -0.120. The van der Waals surface area contributed by atoms with Gasteiger partial charge >= 0.3 is 0 Å². The summed E-state index contributed by atoms with van der Waals surface area (Å²) in [6.07, 6.45) is 0.395. The summed E-state index contributed by atoms with van der Waals surface area (Å²) in [4.78, 5) is 11.7. The smallest absolute Gasteiger partial charge is 0.224 e. The number of benzene rings is 1. The summed E-state index contributed by atoms with van der Waals surface area (Å²) in [5.41, 5.74) is 8.09. The van der Waals surface area contributed by atoms with Gasteiger partial charge in [0.05, 0.1) is 6.42 Å². The molecule has 0 bridgehead atoms. The number of carbonyl (C=O) groups is 1. The predicted octanol–water partition coefficient (Wildman–Crippen LogP) is 1.70. The van der Waals surface area contributed by atoms with Crippen molar-refractivity contribution in [3.05, 3.63) is 57.8 Å². The minimum absolute atomic E-state index is 0.0103. The van der Waals surface area contributed by atoms with Crippen molar-refractivity contribution in [1.82, 2.24) is 5.32 Å². The number of nitrogens with two attached hydrogens (primary N) is 1. The highest BCUT2D eigenvalue weighted by Crippen LogP contribution is 2.07. The van der Waals surface area contributed by atoms with Gasteiger partial charge in [-0.2, -0.15) is 11.3 Å². The normalized spacial score (nSPS) is 11.3. The van der Waals surface area contributed by atoms with E-state index in [1.807, 2.05) is 29.0 Å². The molecule has 20 heavy (non-hydrogen) atoms. The van der Waals surface area contributed by atoms with Crippen LogP contribution in [0.2, 0.25) is 0 Å². The van der Waals surface area contributed by atoms with Crippen LogP contribution in [0.1, 0.15) is 16.7 Å². The van der Waals surface area contributed by atoms with E-state index in [-0.39, 0.29) is 11.7 Å². The van der Waals surface area contributed by atoms with Crippen LogP contribution in [-0.2, 0) is 17.8 Å². The number of nitrogens with one attached hydrogen (secondary N) is 1. The standard InChI is InChI=1S/C14H15N3O2S/c15-14(17-19)12-3-1-10(2-4-12)8-16-13(18)7-11-5-6-20-9-11/h1-6,9,19H,7-8H2,(H2,15,17)(H,16,18). The number of amidine groups is 1. The Labute approximate surface area is 120 Å². The Balaban J connectivity index is 1.86. The summed E-state index contributed by atoms with van der Waals surface area (Å²) in [5, 5.41) is 18.3. The lowest BCUT2D eigenvalue weighted by Crippen LogP contribution is -2.24. The molecule has 0 aliphatic carbocycles. The Bertz CT molecular complexity index is 591. The molecule has 0 saturated carbocycles. The van der Waals surface area contributed by atoms with E-state index in [4.69, 9.17) is 10.9 Å². The van der Waals surface area contributed by atoms with Gasteiger partial charge in [-0.25, -0.2) is 0 Å². The van der Waals surface area contributed by atoms with Crippen molar-refractivity contribution in [2.75, 3.05) is 0 Å². The summed E-state index contributed by atoms with van der Waals surface area (Å²) in [6, 6.07) is 9.09. The highest BCUT2D eigenvalue weighted by molar-refractivity contribution is 7.07. The SMILES string of the molecule is NC(=NO)c1ccc(CNC(=O)Cc2ccsc2)cc1. The number of nitrogens with zero attached hydrogens (tertiary/aromatic N) is 1. The maximum atomic E-state index is 11.7. The van der Waals surface area contributed by atoms with E-state index in [0.717, 1.165) is 11.1 Å². The second-order valence-electron chi connectivity index (χ2n) is 4.27. The van der Waals surface area contributed by atoms with Gasteiger partial charge in [-0.15, -0.1) is 0 Å². The van der Waals surface area contributed by atoms with E-state index in [0.29, 0.717) is 18.5 Å². The van der Waals surface area contributed by atoms with E-state index < -0.39 is 0 Å². The van der Waals surface area contributed by atoms with E-state index in [2.05, 4.69) is 10.5 Å². The molecule has 0 saturated heterocycles. The molecular weight excluding hydrogens is 274 g/mol. The second-order valence-corrected chi connectivity index (χ2v) is 5.05. The van der Waals surface area contributed by atoms with Crippen molar-refractivity contribution in [1.29, 1.82) is 0 Å². The molecule has 5 nitrogen and oxygen atoms in total. The highest BCUT2D eigenvalue weighted by Gasteiger charge is 2.04. The highest BCUT2D eigenvalue weighted by atomic mass is 32.1. The molecule has 1 amide bonds. The maximum absolute atomic E-state index is 11.7. The van der Waals surface area contributed by atoms with Crippen molar-refractivity contribution in [2.24, 2.45) is 10.9 Å². The van der Waals surface area contributed by atoms with Gasteiger partial charge in [0.1, 0.15) is 0 Å². The first-order valence-electron chi connectivity index (χ1n) is 6.03. The van der Waals surface area contributed by atoms with Crippen LogP contribution in [0.5, 0.6) is 0 Å². The zero-order valence-corrected chi connectivity index (χ0v) is 11.6. The van der Waals surface area contributed by atoms with E-state index >= 15 is 0 Å². The molecule has 0 radical (unpaired) electrons. The van der Waals surface area contributed by atoms with Crippen LogP contribution in [0.4, 0.5) is 0 Å². The van der Waals surface area contributed by atoms with Crippen molar-refractivity contribution >= 4 is 23.1 Å². The van der Waals surface area contributed by atoms with Crippen LogP contribution in [0, 0.1) is 0 Å². The number of hydrogen-bond acceptors (Lipinski definition) is 4. The van der Waals surface area contributed by atoms with Gasteiger partial charge in [0, 0.05) is 12.1 Å². The average Bonchev–Trinajstić information content (AvgIpc) is 2.97. The number of thiophene rings is 1. The third-order valence-corrected chi connectivity index (χ3v) is 3.52. The van der Waals surface area contributed by atoms with Crippen LogP contribution < -0.4 is 11.1 Å². The van der Waals surface area contributed by atoms with Crippen LogP contribution in [0.3, 0.4) is 0 Å². The summed E-state index contributed by atoms with van der Waals surface area (Å²) in [6.45, 7) is 0.458. The molecule has 0 aliphatic heterocycles. The fourth-order valence-corrected chi connectivity index (χ4v) is 2.36. The van der Waals surface area contributed by atoms with Crippen LogP contribution >= 0.6 is 11.3 Å². The fourth-order valence-electron chi connectivity index (χ4n) is 1.69. The molecular formula is C14H15N3O2S. The molecule has 0 spiro atoms. The molecule has 104 valence electrons. The number of hydrogen-bond donors (Lipinski definition) is 3. The molecule has 6 heteroatoms. The Morgan fingerprint density at radius 1 is 1.25 bits per heavy atom. The Morgan fingerprint density at radius 2 is 2.00 bits per heavy atom. The van der Waals surface area contributed by atoms with Crippen LogP contribution in [0.15, 0.2) is 46.2 Å². The van der Waals surface area contributed by atoms with Gasteiger partial charge < -0.3 is 16.3 Å². The topological polar surface area (TPSA) is 87.7 Å². The zero-order valence-electron chi connectivity index (χ0n) is 10.7. The Hall–Kier alpha value is -2.34. The van der Waals surface area contributed by atoms with Crippen LogP contribution in [0.25, 0.3) is 0 Å². The number of carbonyl (C=O) groups excluding carboxylic acids is 1. The fraction of sp³-hybridized carbons (Fsp3) is 0.143. The molecule has 1 aromatic heterocycles. The second kappa shape index (κ2) is 6.72. The summed E-state index contributed by atoms with van der Waals surface area (Å²) in [5.74, 6) is 0.0574. The van der Waals surface area contributed by atoms with Gasteiger partial charge in [0.25, 0.3) is 0 Å². The lowest BCUT2D eigenvalue weighted by atomic mass is 10.1. The Morgan fingerprint density at radius 3 is 2.60 bits per heavy atom. The van der Waals surface area contributed by atoms with Crippen molar-refractivity contribution in [3.63, 3.8) is 0 Å². The molecule has 2 rings (SSSR count). The molecule has 4 N–H and O–H groups in total. The van der Waals surface area contributed by atoms with Crippen molar-refractivity contribution < 1.29 is 10.0 Å². The third kappa shape index (κ3) is 3.83. The first-order valence-corrected chi connectivity index (χ1v) is 6.98. The predicted molar refractivity (Wildman–Crippen MR) is 78.8 cm³/mol. The lowest BCUT2D eigenvalue weighted by Gasteiger charge is -2.05. The van der Waals surface area contributed by atoms with Gasteiger partial charge in [0.2, 0.25) is 5.91 Å². The van der Waals surface area contributed by atoms with E-state index in [1.54, 1.807) is 23.5 Å². The zero-order chi connectivity index (χ0) is 14.4. The summed E-state index contributed by atoms with van der Waals surface area (Å²) in [7, 11) is 0. The quantitative estimate of drug-likeness (QED) is 0.339. The minimum atomic E-state index is -0.0103. The largest absolute Gasteiger partial charge is 0.409 e. The molecule has 1 aromatic carbocycles. The number of amides is 1. The van der Waals surface area contributed by atoms with E-state index in [1.165, 1.54) is 0 Å². The van der Waals surface area contributed by atoms with Gasteiger partial charge in [0.15, 0.2) is 5.84 Å². The van der Waals surface area contributed by atoms with Gasteiger partial charge in [-0.05, 0) is 28.0 Å².